The Kier molecular flexibility index (Phi) is 10.7. The largest absolute Gasteiger partial charge is 0.489 e. The Labute approximate surface area is 225 Å². The van der Waals surface area contributed by atoms with Crippen molar-refractivity contribution in [3.8, 4) is 5.75 Å². The summed E-state index contributed by atoms with van der Waals surface area (Å²) in [4.78, 5) is 18.1. The van der Waals surface area contributed by atoms with Crippen LogP contribution in [0.3, 0.4) is 0 Å². The summed E-state index contributed by atoms with van der Waals surface area (Å²) in [6.45, 7) is 10.9. The molecule has 1 unspecified atom stereocenters. The molecule has 1 aromatic heterocycles. The molecule has 0 aliphatic carbocycles. The molecule has 5 nitrogen and oxygen atoms in total. The first-order valence-corrected chi connectivity index (χ1v) is 13.6. The van der Waals surface area contributed by atoms with Crippen LogP contribution in [0.2, 0.25) is 0 Å². The van der Waals surface area contributed by atoms with Crippen LogP contribution in [0, 0.1) is 5.92 Å². The Hall–Kier alpha value is -3.22. The van der Waals surface area contributed by atoms with E-state index in [2.05, 4.69) is 38.1 Å². The van der Waals surface area contributed by atoms with Gasteiger partial charge in [0, 0.05) is 10.5 Å². The van der Waals surface area contributed by atoms with Crippen LogP contribution >= 0.6 is 11.3 Å². The van der Waals surface area contributed by atoms with Gasteiger partial charge in [0.25, 0.3) is 0 Å². The first-order valence-electron chi connectivity index (χ1n) is 12.8. The normalized spacial score (nSPS) is 13.1. The van der Waals surface area contributed by atoms with Crippen molar-refractivity contribution < 1.29 is 14.3 Å². The number of nitrogens with two attached hydrogens (primary N) is 1. The van der Waals surface area contributed by atoms with E-state index in [9.17, 15) is 4.79 Å². The van der Waals surface area contributed by atoms with E-state index in [1.54, 1.807) is 25.2 Å². The summed E-state index contributed by atoms with van der Waals surface area (Å²) in [5.41, 5.74) is 11.4. The number of aromatic nitrogens is 1. The van der Waals surface area contributed by atoms with Crippen molar-refractivity contribution in [2.45, 2.75) is 60.1 Å². The second-order valence-corrected chi connectivity index (χ2v) is 10.7. The molecule has 2 aromatic carbocycles. The fraction of sp³-hybridized carbons (Fsp3) is 0.355. The molecule has 0 saturated carbocycles. The van der Waals surface area contributed by atoms with Crippen LogP contribution in [0.4, 0.5) is 0 Å². The van der Waals surface area contributed by atoms with E-state index in [4.69, 9.17) is 20.2 Å². The highest BCUT2D eigenvalue weighted by molar-refractivity contribution is 7.11. The number of allylic oxidation sites excluding steroid dienone is 2. The lowest BCUT2D eigenvalue weighted by Crippen LogP contribution is -2.13. The summed E-state index contributed by atoms with van der Waals surface area (Å²) in [7, 11) is 0. The highest BCUT2D eigenvalue weighted by Crippen LogP contribution is 2.29. The highest BCUT2D eigenvalue weighted by Gasteiger charge is 2.17. The number of hydrogen-bond donors (Lipinski definition) is 1. The molecule has 0 saturated heterocycles. The lowest BCUT2D eigenvalue weighted by molar-refractivity contribution is -0.138. The molecule has 3 rings (SSSR count). The third-order valence-electron chi connectivity index (χ3n) is 5.69. The van der Waals surface area contributed by atoms with E-state index >= 15 is 0 Å². The zero-order valence-corrected chi connectivity index (χ0v) is 23.3. The Morgan fingerprint density at radius 3 is 2.38 bits per heavy atom. The number of carbonyl (C=O) groups excluding carboxylic acids is 1. The average molecular weight is 519 g/mol. The summed E-state index contributed by atoms with van der Waals surface area (Å²) in [5, 5.41) is 0.921. The molecule has 37 heavy (non-hydrogen) atoms. The fourth-order valence-electron chi connectivity index (χ4n) is 3.88. The Morgan fingerprint density at radius 2 is 1.73 bits per heavy atom. The monoisotopic (exact) mass is 518 g/mol. The summed E-state index contributed by atoms with van der Waals surface area (Å²) in [6.07, 6.45) is 5.50. The van der Waals surface area contributed by atoms with Crippen LogP contribution in [0.25, 0.3) is 6.08 Å². The lowest BCUT2D eigenvalue weighted by atomic mass is 10.1. The number of nitrogens with zero attached hydrogens (tertiary/aromatic N) is 1. The van der Waals surface area contributed by atoms with Crippen molar-refractivity contribution in [1.29, 1.82) is 0 Å². The van der Waals surface area contributed by atoms with Gasteiger partial charge in [0.1, 0.15) is 17.4 Å². The maximum absolute atomic E-state index is 12.0. The molecule has 0 bridgehead atoms. The van der Waals surface area contributed by atoms with Gasteiger partial charge < -0.3 is 15.2 Å². The number of benzene rings is 2. The highest BCUT2D eigenvalue weighted by atomic mass is 32.1. The van der Waals surface area contributed by atoms with Gasteiger partial charge in [-0.3, -0.25) is 0 Å². The maximum Gasteiger partial charge on any atom is 0.333 e. The van der Waals surface area contributed by atoms with Gasteiger partial charge >= 0.3 is 5.97 Å². The second-order valence-electron chi connectivity index (χ2n) is 9.62. The van der Waals surface area contributed by atoms with E-state index in [-0.39, 0.29) is 12.0 Å². The van der Waals surface area contributed by atoms with E-state index < -0.39 is 0 Å². The van der Waals surface area contributed by atoms with E-state index in [1.165, 1.54) is 4.88 Å². The van der Waals surface area contributed by atoms with Gasteiger partial charge in [0.05, 0.1) is 18.3 Å². The van der Waals surface area contributed by atoms with Crippen LogP contribution in [-0.2, 0) is 29.0 Å². The minimum Gasteiger partial charge on any atom is -0.489 e. The van der Waals surface area contributed by atoms with Gasteiger partial charge in [-0.1, -0.05) is 56.3 Å². The molecular formula is C31H38N2O3S. The smallest absolute Gasteiger partial charge is 0.333 e. The molecule has 1 atom stereocenters. The first kappa shape index (κ1) is 28.4. The zero-order chi connectivity index (χ0) is 26.8. The molecule has 0 fully saturated rings. The predicted octanol–water partition coefficient (Wildman–Crippen LogP) is 7.08. The minimum absolute atomic E-state index is 0.203. The van der Waals surface area contributed by atoms with Crippen molar-refractivity contribution in [1.82, 2.24) is 4.98 Å². The molecular weight excluding hydrogens is 480 g/mol. The standard InChI is InChI=1S/C31H38N2O3S/c1-6-35-31(34)23(5)17-22(4)18-28-29(16-21(2)3)37-30(33-28)27(32)19-24-12-14-26(15-13-24)36-20-25-10-8-7-9-11-25/h7-15,17-18,21,27H,6,16,19-20,32H2,1-5H3/b22-18+,23-17-. The van der Waals surface area contributed by atoms with Gasteiger partial charge in [0.2, 0.25) is 0 Å². The van der Waals surface area contributed by atoms with E-state index in [1.807, 2.05) is 49.4 Å². The quantitative estimate of drug-likeness (QED) is 0.158. The van der Waals surface area contributed by atoms with Gasteiger partial charge in [0.15, 0.2) is 0 Å². The van der Waals surface area contributed by atoms with Crippen LogP contribution < -0.4 is 10.5 Å². The lowest BCUT2D eigenvalue weighted by Gasteiger charge is -2.10. The molecule has 0 spiro atoms. The topological polar surface area (TPSA) is 74.4 Å². The number of esters is 1. The molecule has 2 N–H and O–H groups in total. The molecule has 1 heterocycles. The molecule has 0 amide bonds. The third kappa shape index (κ3) is 8.99. The van der Waals surface area contributed by atoms with Gasteiger partial charge in [-0.2, -0.15) is 0 Å². The van der Waals surface area contributed by atoms with Gasteiger partial charge in [-0.15, -0.1) is 11.3 Å². The Morgan fingerprint density at radius 1 is 1.03 bits per heavy atom. The van der Waals surface area contributed by atoms with Crippen molar-refractivity contribution in [2.75, 3.05) is 6.61 Å². The molecule has 0 aliphatic heterocycles. The first-order chi connectivity index (χ1) is 17.7. The zero-order valence-electron chi connectivity index (χ0n) is 22.5. The molecule has 6 heteroatoms. The number of thiazole rings is 1. The second kappa shape index (κ2) is 13.9. The third-order valence-corrected chi connectivity index (χ3v) is 6.91. The van der Waals surface area contributed by atoms with Gasteiger partial charge in [-0.25, -0.2) is 9.78 Å². The van der Waals surface area contributed by atoms with Crippen molar-refractivity contribution in [2.24, 2.45) is 11.7 Å². The van der Waals surface area contributed by atoms with Crippen LogP contribution in [0.5, 0.6) is 5.75 Å². The fourth-order valence-corrected chi connectivity index (χ4v) is 5.13. The average Bonchev–Trinajstić information content (AvgIpc) is 3.25. The minimum atomic E-state index is -0.296. The number of rotatable bonds is 12. The van der Waals surface area contributed by atoms with E-state index in [0.717, 1.165) is 39.6 Å². The van der Waals surface area contributed by atoms with Crippen LogP contribution in [0.15, 0.2) is 71.8 Å². The van der Waals surface area contributed by atoms with Crippen LogP contribution in [-0.4, -0.2) is 17.6 Å². The molecule has 3 aromatic rings. The molecule has 0 radical (unpaired) electrons. The van der Waals surface area contributed by atoms with Crippen molar-refractivity contribution >= 4 is 23.4 Å². The Balaban J connectivity index is 1.70. The van der Waals surface area contributed by atoms with Gasteiger partial charge in [-0.05, 0) is 80.5 Å². The van der Waals surface area contributed by atoms with Crippen molar-refractivity contribution in [3.05, 3.63) is 98.5 Å². The van der Waals surface area contributed by atoms with Crippen molar-refractivity contribution in [3.63, 3.8) is 0 Å². The van der Waals surface area contributed by atoms with Crippen LogP contribution in [0.1, 0.15) is 67.4 Å². The summed E-state index contributed by atoms with van der Waals surface area (Å²) in [6, 6.07) is 18.0. The number of ether oxygens (including phenoxy) is 2. The Bertz CT molecular complexity index is 1210. The SMILES string of the molecule is CCOC(=O)/C(C)=C\C(C)=C\c1nc(C(N)Cc2ccc(OCc3ccccc3)cc2)sc1CC(C)C. The summed E-state index contributed by atoms with van der Waals surface area (Å²) >= 11 is 1.68. The number of carbonyl (C=O) groups is 1. The summed E-state index contributed by atoms with van der Waals surface area (Å²) in [5.74, 6) is 1.04. The maximum atomic E-state index is 12.0. The number of hydrogen-bond acceptors (Lipinski definition) is 6. The van der Waals surface area contributed by atoms with E-state index in [0.29, 0.717) is 31.1 Å². The molecule has 0 aliphatic rings. The summed E-state index contributed by atoms with van der Waals surface area (Å²) < 4.78 is 11.0. The predicted molar refractivity (Wildman–Crippen MR) is 153 cm³/mol. The molecule has 196 valence electrons.